The lowest BCUT2D eigenvalue weighted by Gasteiger charge is -2.36. The molecule has 6 nitrogen and oxygen atoms in total. The van der Waals surface area contributed by atoms with Gasteiger partial charge in [-0.2, -0.15) is 9.78 Å². The summed E-state index contributed by atoms with van der Waals surface area (Å²) in [7, 11) is 0. The molecule has 0 amide bonds. The highest BCUT2D eigenvalue weighted by Gasteiger charge is 2.22. The van der Waals surface area contributed by atoms with E-state index < -0.39 is 0 Å². The fourth-order valence-electron chi connectivity index (χ4n) is 3.41. The van der Waals surface area contributed by atoms with Gasteiger partial charge in [0.05, 0.1) is 23.3 Å². The Morgan fingerprint density at radius 3 is 2.55 bits per heavy atom. The molecular weight excluding hydrogens is 409 g/mol. The monoisotopic (exact) mass is 429 g/mol. The van der Waals surface area contributed by atoms with Gasteiger partial charge in [-0.3, -0.25) is 14.7 Å². The third-order valence-corrected chi connectivity index (χ3v) is 5.89. The molecule has 0 saturated carbocycles. The molecular formula is C21H21Cl2N5O. The molecule has 0 bridgehead atoms. The maximum atomic E-state index is 12.8. The highest BCUT2D eigenvalue weighted by atomic mass is 35.5. The lowest BCUT2D eigenvalue weighted by atomic mass is 10.2. The third kappa shape index (κ3) is 4.29. The van der Waals surface area contributed by atoms with E-state index in [1.807, 2.05) is 43.5 Å². The summed E-state index contributed by atoms with van der Waals surface area (Å²) in [4.78, 5) is 21.7. The highest BCUT2D eigenvalue weighted by Crippen LogP contribution is 2.24. The van der Waals surface area contributed by atoms with Gasteiger partial charge in [0.1, 0.15) is 5.02 Å². The van der Waals surface area contributed by atoms with E-state index >= 15 is 0 Å². The summed E-state index contributed by atoms with van der Waals surface area (Å²) in [6, 6.07) is 11.3. The second kappa shape index (κ2) is 8.53. The predicted molar refractivity (Wildman–Crippen MR) is 116 cm³/mol. The summed E-state index contributed by atoms with van der Waals surface area (Å²) >= 11 is 12.6. The van der Waals surface area contributed by atoms with Crippen molar-refractivity contribution in [1.29, 1.82) is 0 Å². The van der Waals surface area contributed by atoms with E-state index in [1.165, 1.54) is 4.68 Å². The summed E-state index contributed by atoms with van der Waals surface area (Å²) in [5, 5.41) is 5.10. The first-order valence-corrected chi connectivity index (χ1v) is 10.2. The zero-order chi connectivity index (χ0) is 20.4. The van der Waals surface area contributed by atoms with Crippen molar-refractivity contribution in [3.63, 3.8) is 0 Å². The summed E-state index contributed by atoms with van der Waals surface area (Å²) in [6.07, 6.45) is 3.47. The van der Waals surface area contributed by atoms with Crippen molar-refractivity contribution in [3.8, 4) is 5.69 Å². The number of nitrogens with zero attached hydrogens (tertiary/aromatic N) is 5. The van der Waals surface area contributed by atoms with Crippen molar-refractivity contribution in [2.24, 2.45) is 0 Å². The molecule has 0 atom stereocenters. The number of aryl methyl sites for hydroxylation is 1. The Bertz CT molecular complexity index is 1060. The maximum absolute atomic E-state index is 12.8. The zero-order valence-electron chi connectivity index (χ0n) is 16.1. The van der Waals surface area contributed by atoms with Crippen LogP contribution in [0, 0.1) is 6.92 Å². The fraction of sp³-hybridized carbons (Fsp3) is 0.286. The molecule has 3 aromatic rings. The van der Waals surface area contributed by atoms with Gasteiger partial charge in [-0.15, -0.1) is 0 Å². The number of halogens is 2. The largest absolute Gasteiger partial charge is 0.366 e. The predicted octanol–water partition coefficient (Wildman–Crippen LogP) is 3.56. The van der Waals surface area contributed by atoms with Crippen molar-refractivity contribution in [2.45, 2.75) is 13.5 Å². The quantitative estimate of drug-likeness (QED) is 0.634. The Kier molecular flexibility index (Phi) is 5.85. The van der Waals surface area contributed by atoms with Crippen molar-refractivity contribution < 1.29 is 0 Å². The molecule has 150 valence electrons. The Morgan fingerprint density at radius 2 is 1.86 bits per heavy atom. The molecule has 1 fully saturated rings. The van der Waals surface area contributed by atoms with E-state index in [-0.39, 0.29) is 10.6 Å². The second-order valence-corrected chi connectivity index (χ2v) is 7.86. The Balaban J connectivity index is 1.49. The number of hydrogen-bond acceptors (Lipinski definition) is 5. The smallest absolute Gasteiger partial charge is 0.292 e. The molecule has 8 heteroatoms. The van der Waals surface area contributed by atoms with Crippen LogP contribution < -0.4 is 10.5 Å². The fourth-order valence-corrected chi connectivity index (χ4v) is 3.83. The van der Waals surface area contributed by atoms with Gasteiger partial charge in [-0.05, 0) is 36.8 Å². The Morgan fingerprint density at radius 1 is 1.07 bits per heavy atom. The van der Waals surface area contributed by atoms with Crippen LogP contribution in [-0.4, -0.2) is 45.8 Å². The molecule has 1 aromatic carbocycles. The highest BCUT2D eigenvalue weighted by molar-refractivity contribution is 6.33. The van der Waals surface area contributed by atoms with Crippen LogP contribution in [0.15, 0.2) is 53.6 Å². The van der Waals surface area contributed by atoms with E-state index in [1.54, 1.807) is 12.3 Å². The molecule has 0 aliphatic carbocycles. The normalized spacial score (nSPS) is 14.9. The number of aromatic nitrogens is 3. The lowest BCUT2D eigenvalue weighted by Crippen LogP contribution is -2.46. The molecule has 0 N–H and O–H groups in total. The number of hydrogen-bond donors (Lipinski definition) is 0. The van der Waals surface area contributed by atoms with E-state index in [4.69, 9.17) is 23.2 Å². The topological polar surface area (TPSA) is 54.3 Å². The van der Waals surface area contributed by atoms with Gasteiger partial charge in [0.15, 0.2) is 0 Å². The summed E-state index contributed by atoms with van der Waals surface area (Å²) in [5.74, 6) is 0. The SMILES string of the molecule is Cc1ccc(-n2ncc(N3CCN(Cc4ccccn4)CC3)c(Cl)c2=O)cc1Cl. The van der Waals surface area contributed by atoms with Gasteiger partial charge < -0.3 is 4.90 Å². The lowest BCUT2D eigenvalue weighted by molar-refractivity contribution is 0.247. The van der Waals surface area contributed by atoms with Gasteiger partial charge in [0.2, 0.25) is 0 Å². The van der Waals surface area contributed by atoms with Crippen molar-refractivity contribution in [2.75, 3.05) is 31.1 Å². The average molecular weight is 430 g/mol. The first-order chi connectivity index (χ1) is 14.0. The summed E-state index contributed by atoms with van der Waals surface area (Å²) < 4.78 is 1.29. The van der Waals surface area contributed by atoms with E-state index in [9.17, 15) is 4.79 Å². The van der Waals surface area contributed by atoms with Crippen LogP contribution in [0.4, 0.5) is 5.69 Å². The number of piperazine rings is 1. The molecule has 29 heavy (non-hydrogen) atoms. The van der Waals surface area contributed by atoms with Gasteiger partial charge >= 0.3 is 0 Å². The van der Waals surface area contributed by atoms with E-state index in [0.717, 1.165) is 44.0 Å². The average Bonchev–Trinajstić information content (AvgIpc) is 2.74. The Hall–Kier alpha value is -2.41. The minimum atomic E-state index is -0.347. The molecule has 4 rings (SSSR count). The molecule has 0 unspecified atom stereocenters. The van der Waals surface area contributed by atoms with Crippen LogP contribution in [0.2, 0.25) is 10.0 Å². The maximum Gasteiger partial charge on any atom is 0.292 e. The zero-order valence-corrected chi connectivity index (χ0v) is 17.6. The molecule has 1 aliphatic rings. The van der Waals surface area contributed by atoms with Crippen LogP contribution in [0.5, 0.6) is 0 Å². The number of pyridine rings is 1. The summed E-state index contributed by atoms with van der Waals surface area (Å²) in [5.41, 5.74) is 2.91. The van der Waals surface area contributed by atoms with E-state index in [0.29, 0.717) is 16.4 Å². The van der Waals surface area contributed by atoms with Crippen LogP contribution >= 0.6 is 23.2 Å². The molecule has 2 aromatic heterocycles. The first-order valence-electron chi connectivity index (χ1n) is 9.44. The molecule has 0 spiro atoms. The van der Waals surface area contributed by atoms with Gasteiger partial charge in [0, 0.05) is 43.9 Å². The van der Waals surface area contributed by atoms with Crippen molar-refractivity contribution in [3.05, 3.63) is 80.4 Å². The van der Waals surface area contributed by atoms with Crippen LogP contribution in [0.3, 0.4) is 0 Å². The molecule has 1 saturated heterocycles. The number of rotatable bonds is 4. The minimum absolute atomic E-state index is 0.176. The molecule has 0 radical (unpaired) electrons. The Labute approximate surface area is 179 Å². The molecule has 3 heterocycles. The van der Waals surface area contributed by atoms with Crippen LogP contribution in [0.1, 0.15) is 11.3 Å². The van der Waals surface area contributed by atoms with Gasteiger partial charge in [-0.1, -0.05) is 35.3 Å². The van der Waals surface area contributed by atoms with Crippen LogP contribution in [0.25, 0.3) is 5.69 Å². The third-order valence-electron chi connectivity index (χ3n) is 5.13. The van der Waals surface area contributed by atoms with Gasteiger partial charge in [-0.25, -0.2) is 0 Å². The number of anilines is 1. The van der Waals surface area contributed by atoms with Crippen molar-refractivity contribution in [1.82, 2.24) is 19.7 Å². The summed E-state index contributed by atoms with van der Waals surface area (Å²) in [6.45, 7) is 6.00. The minimum Gasteiger partial charge on any atom is -0.366 e. The van der Waals surface area contributed by atoms with E-state index in [2.05, 4.69) is 19.9 Å². The second-order valence-electron chi connectivity index (χ2n) is 7.08. The standard InChI is InChI=1S/C21H21Cl2N5O/c1-15-5-6-17(12-18(15)22)28-21(29)20(23)19(13-25-28)27-10-8-26(9-11-27)14-16-4-2-3-7-24-16/h2-7,12-13H,8-11,14H2,1H3. The van der Waals surface area contributed by atoms with Gasteiger partial charge in [0.25, 0.3) is 5.56 Å². The molecule has 1 aliphatic heterocycles. The first kappa shape index (κ1) is 19.9. The number of benzene rings is 1. The van der Waals surface area contributed by atoms with Crippen LogP contribution in [-0.2, 0) is 6.54 Å². The van der Waals surface area contributed by atoms with Crippen molar-refractivity contribution >= 4 is 28.9 Å².